The van der Waals surface area contributed by atoms with Gasteiger partial charge in [0.1, 0.15) is 5.01 Å². The topological polar surface area (TPSA) is 65.2 Å². The van der Waals surface area contributed by atoms with Gasteiger partial charge in [-0.1, -0.05) is 0 Å². The summed E-state index contributed by atoms with van der Waals surface area (Å²) in [6.07, 6.45) is 0.195. The van der Waals surface area contributed by atoms with Crippen molar-refractivity contribution < 1.29 is 9.53 Å². The number of nitrogens with zero attached hydrogens (tertiary/aromatic N) is 1. The first-order valence-electron chi connectivity index (χ1n) is 4.46. The van der Waals surface area contributed by atoms with Crippen LogP contribution in [0.25, 0.3) is 0 Å². The van der Waals surface area contributed by atoms with E-state index in [0.29, 0.717) is 6.61 Å². The molecular formula is C9H14N2O2S. The second kappa shape index (κ2) is 5.07. The number of aromatic nitrogens is 1. The van der Waals surface area contributed by atoms with E-state index in [-0.39, 0.29) is 18.4 Å². The number of carbonyl (C=O) groups is 1. The lowest BCUT2D eigenvalue weighted by atomic mass is 10.2. The number of ether oxygens (including phenoxy) is 1. The Bertz CT molecular complexity index is 312. The molecule has 1 heterocycles. The Kier molecular flexibility index (Phi) is 4.03. The number of carbonyl (C=O) groups excluding carboxylic acids is 1. The molecule has 0 aliphatic heterocycles. The van der Waals surface area contributed by atoms with Gasteiger partial charge in [-0.3, -0.25) is 4.79 Å². The first-order valence-corrected chi connectivity index (χ1v) is 5.34. The molecular weight excluding hydrogens is 200 g/mol. The number of aryl methyl sites for hydroxylation is 1. The van der Waals surface area contributed by atoms with Crippen LogP contribution < -0.4 is 5.73 Å². The lowest BCUT2D eigenvalue weighted by Gasteiger charge is -2.06. The molecule has 5 heteroatoms. The van der Waals surface area contributed by atoms with Gasteiger partial charge in [-0.15, -0.1) is 11.3 Å². The minimum atomic E-state index is -0.340. The molecule has 1 aromatic rings. The molecule has 1 aromatic heterocycles. The summed E-state index contributed by atoms with van der Waals surface area (Å²) in [7, 11) is 0. The Hall–Kier alpha value is -0.940. The average Bonchev–Trinajstić information content (AvgIpc) is 2.52. The summed E-state index contributed by atoms with van der Waals surface area (Å²) in [6, 6.07) is -0.340. The maximum atomic E-state index is 11.1. The molecule has 0 aromatic carbocycles. The Morgan fingerprint density at radius 2 is 2.50 bits per heavy atom. The number of hydrogen-bond acceptors (Lipinski definition) is 5. The quantitative estimate of drug-likeness (QED) is 0.769. The Morgan fingerprint density at radius 1 is 1.79 bits per heavy atom. The van der Waals surface area contributed by atoms with Crippen molar-refractivity contribution in [3.8, 4) is 0 Å². The summed E-state index contributed by atoms with van der Waals surface area (Å²) in [4.78, 5) is 15.3. The van der Waals surface area contributed by atoms with Gasteiger partial charge in [0.2, 0.25) is 0 Å². The summed E-state index contributed by atoms with van der Waals surface area (Å²) >= 11 is 1.47. The smallest absolute Gasteiger partial charge is 0.307 e. The van der Waals surface area contributed by atoms with Crippen LogP contribution in [0.1, 0.15) is 30.1 Å². The highest BCUT2D eigenvalue weighted by molar-refractivity contribution is 7.09. The summed E-state index contributed by atoms with van der Waals surface area (Å²) < 4.78 is 4.80. The van der Waals surface area contributed by atoms with Gasteiger partial charge in [0.25, 0.3) is 0 Å². The third-order valence-corrected chi connectivity index (χ3v) is 2.74. The highest BCUT2D eigenvalue weighted by Crippen LogP contribution is 2.18. The standard InChI is InChI=1S/C9H14N2O2S/c1-3-13-8(12)4-7(10)9-11-6(2)5-14-9/h5,7H,3-4,10H2,1-2H3/t7-/m1/s1. The minimum Gasteiger partial charge on any atom is -0.466 e. The van der Waals surface area contributed by atoms with Crippen molar-refractivity contribution in [3.63, 3.8) is 0 Å². The molecule has 14 heavy (non-hydrogen) atoms. The molecule has 0 bridgehead atoms. The summed E-state index contributed by atoms with van der Waals surface area (Å²) in [5.74, 6) is -0.271. The zero-order valence-corrected chi connectivity index (χ0v) is 9.13. The van der Waals surface area contributed by atoms with Crippen molar-refractivity contribution in [3.05, 3.63) is 16.1 Å². The van der Waals surface area contributed by atoms with Crippen LogP contribution in [0.2, 0.25) is 0 Å². The predicted octanol–water partition coefficient (Wildman–Crippen LogP) is 1.40. The van der Waals surface area contributed by atoms with Crippen LogP contribution in [0, 0.1) is 6.92 Å². The first kappa shape index (κ1) is 11.1. The molecule has 4 nitrogen and oxygen atoms in total. The Balaban J connectivity index is 2.50. The number of thiazole rings is 1. The zero-order chi connectivity index (χ0) is 10.6. The molecule has 0 aliphatic rings. The second-order valence-corrected chi connectivity index (χ2v) is 3.83. The summed E-state index contributed by atoms with van der Waals surface area (Å²) in [5, 5.41) is 2.70. The predicted molar refractivity (Wildman–Crippen MR) is 55.0 cm³/mol. The molecule has 1 atom stereocenters. The maximum Gasteiger partial charge on any atom is 0.307 e. The monoisotopic (exact) mass is 214 g/mol. The van der Waals surface area contributed by atoms with E-state index >= 15 is 0 Å². The van der Waals surface area contributed by atoms with Crippen molar-refractivity contribution in [1.82, 2.24) is 4.98 Å². The maximum absolute atomic E-state index is 11.1. The van der Waals surface area contributed by atoms with Crippen molar-refractivity contribution >= 4 is 17.3 Å². The number of nitrogens with two attached hydrogens (primary N) is 1. The molecule has 0 unspecified atom stereocenters. The van der Waals surface area contributed by atoms with Gasteiger partial charge >= 0.3 is 5.97 Å². The highest BCUT2D eigenvalue weighted by Gasteiger charge is 2.14. The van der Waals surface area contributed by atoms with Gasteiger partial charge in [0.15, 0.2) is 0 Å². The van der Waals surface area contributed by atoms with E-state index in [1.54, 1.807) is 6.92 Å². The third-order valence-electron chi connectivity index (χ3n) is 1.65. The van der Waals surface area contributed by atoms with Gasteiger partial charge in [-0.25, -0.2) is 4.98 Å². The molecule has 0 radical (unpaired) electrons. The van der Waals surface area contributed by atoms with E-state index in [1.165, 1.54) is 11.3 Å². The molecule has 0 amide bonds. The van der Waals surface area contributed by atoms with Gasteiger partial charge in [-0.05, 0) is 13.8 Å². The Labute approximate surface area is 87.1 Å². The Morgan fingerprint density at radius 3 is 3.00 bits per heavy atom. The number of esters is 1. The van der Waals surface area contributed by atoms with E-state index in [9.17, 15) is 4.79 Å². The van der Waals surface area contributed by atoms with Crippen LogP contribution in [0.5, 0.6) is 0 Å². The fourth-order valence-electron chi connectivity index (χ4n) is 1.03. The van der Waals surface area contributed by atoms with E-state index in [4.69, 9.17) is 10.5 Å². The number of hydrogen-bond donors (Lipinski definition) is 1. The zero-order valence-electron chi connectivity index (χ0n) is 8.32. The van der Waals surface area contributed by atoms with Crippen LogP contribution in [0.4, 0.5) is 0 Å². The molecule has 0 saturated carbocycles. The van der Waals surface area contributed by atoms with Crippen molar-refractivity contribution in [2.75, 3.05) is 6.61 Å². The van der Waals surface area contributed by atoms with Gasteiger partial charge in [0.05, 0.1) is 19.1 Å². The van der Waals surface area contributed by atoms with E-state index in [2.05, 4.69) is 4.98 Å². The van der Waals surface area contributed by atoms with E-state index < -0.39 is 0 Å². The molecule has 0 aliphatic carbocycles. The SMILES string of the molecule is CCOC(=O)C[C@@H](N)c1nc(C)cs1. The largest absolute Gasteiger partial charge is 0.466 e. The van der Waals surface area contributed by atoms with Gasteiger partial charge < -0.3 is 10.5 Å². The average molecular weight is 214 g/mol. The van der Waals surface area contributed by atoms with Crippen molar-refractivity contribution in [1.29, 1.82) is 0 Å². The normalized spacial score (nSPS) is 12.5. The van der Waals surface area contributed by atoms with Crippen LogP contribution in [-0.2, 0) is 9.53 Å². The van der Waals surface area contributed by atoms with E-state index in [0.717, 1.165) is 10.7 Å². The van der Waals surface area contributed by atoms with Crippen LogP contribution in [0.3, 0.4) is 0 Å². The van der Waals surface area contributed by atoms with Crippen LogP contribution in [0.15, 0.2) is 5.38 Å². The third kappa shape index (κ3) is 3.08. The summed E-state index contributed by atoms with van der Waals surface area (Å²) in [5.41, 5.74) is 6.72. The number of rotatable bonds is 4. The fraction of sp³-hybridized carbons (Fsp3) is 0.556. The first-order chi connectivity index (χ1) is 6.63. The van der Waals surface area contributed by atoms with Crippen LogP contribution >= 0.6 is 11.3 Å². The van der Waals surface area contributed by atoms with Gasteiger partial charge in [-0.2, -0.15) is 0 Å². The highest BCUT2D eigenvalue weighted by atomic mass is 32.1. The molecule has 2 N–H and O–H groups in total. The summed E-state index contributed by atoms with van der Waals surface area (Å²) in [6.45, 7) is 4.07. The lowest BCUT2D eigenvalue weighted by Crippen LogP contribution is -2.17. The molecule has 0 spiro atoms. The van der Waals surface area contributed by atoms with Crippen molar-refractivity contribution in [2.24, 2.45) is 5.73 Å². The minimum absolute atomic E-state index is 0.195. The fourth-order valence-corrected chi connectivity index (χ4v) is 1.83. The molecule has 0 fully saturated rings. The molecule has 1 rings (SSSR count). The molecule has 78 valence electrons. The van der Waals surface area contributed by atoms with Crippen LogP contribution in [-0.4, -0.2) is 17.6 Å². The van der Waals surface area contributed by atoms with E-state index in [1.807, 2.05) is 12.3 Å². The van der Waals surface area contributed by atoms with Crippen molar-refractivity contribution in [2.45, 2.75) is 26.3 Å². The molecule has 0 saturated heterocycles. The lowest BCUT2D eigenvalue weighted by molar-refractivity contribution is -0.143. The van der Waals surface area contributed by atoms with Gasteiger partial charge in [0, 0.05) is 11.1 Å². The second-order valence-electron chi connectivity index (χ2n) is 2.94.